The minimum absolute atomic E-state index is 0.119. The van der Waals surface area contributed by atoms with E-state index in [2.05, 4.69) is 28.9 Å². The highest BCUT2D eigenvalue weighted by atomic mass is 16.5. The summed E-state index contributed by atoms with van der Waals surface area (Å²) in [6, 6.07) is 9.13. The Morgan fingerprint density at radius 3 is 2.58 bits per heavy atom. The summed E-state index contributed by atoms with van der Waals surface area (Å²) in [6.07, 6.45) is 2.62. The molecule has 0 amide bonds. The number of hydrogen-bond donors (Lipinski definition) is 0. The van der Waals surface area contributed by atoms with Crippen molar-refractivity contribution >= 4 is 17.5 Å². The molecule has 2 heterocycles. The summed E-state index contributed by atoms with van der Waals surface area (Å²) in [4.78, 5) is 32.4. The van der Waals surface area contributed by atoms with Crippen molar-refractivity contribution in [2.75, 3.05) is 6.61 Å². The molecule has 7 heteroatoms. The molecule has 0 saturated heterocycles. The van der Waals surface area contributed by atoms with Crippen LogP contribution in [0.2, 0.25) is 0 Å². The maximum absolute atomic E-state index is 12.2. The number of rotatable bonds is 6. The fourth-order valence-electron chi connectivity index (χ4n) is 2.51. The Kier molecular flexibility index (Phi) is 5.06. The highest BCUT2D eigenvalue weighted by molar-refractivity contribution is 5.98. The van der Waals surface area contributed by atoms with E-state index in [1.54, 1.807) is 24.4 Å². The molecule has 1 atom stereocenters. The van der Waals surface area contributed by atoms with Crippen LogP contribution in [0, 0.1) is 6.92 Å². The molecule has 0 bridgehead atoms. The van der Waals surface area contributed by atoms with E-state index < -0.39 is 5.97 Å². The van der Waals surface area contributed by atoms with Crippen molar-refractivity contribution in [3.8, 4) is 0 Å². The number of esters is 1. The van der Waals surface area contributed by atoms with Gasteiger partial charge in [-0.25, -0.2) is 14.3 Å². The SMILES string of the molecule is CC[C@H](C)c1ccc(C(=O)COC(=O)c2nc3nccc(C)n3n2)cc1. The number of fused-ring (bicyclic) bond motifs is 1. The van der Waals surface area contributed by atoms with Gasteiger partial charge < -0.3 is 4.74 Å². The molecule has 0 unspecified atom stereocenters. The minimum Gasteiger partial charge on any atom is -0.451 e. The van der Waals surface area contributed by atoms with Gasteiger partial charge in [0, 0.05) is 17.5 Å². The van der Waals surface area contributed by atoms with Gasteiger partial charge in [-0.15, -0.1) is 5.10 Å². The lowest BCUT2D eigenvalue weighted by atomic mass is 9.97. The molecule has 0 N–H and O–H groups in total. The molecule has 0 fully saturated rings. The maximum atomic E-state index is 12.2. The summed E-state index contributed by atoms with van der Waals surface area (Å²) in [7, 11) is 0. The fourth-order valence-corrected chi connectivity index (χ4v) is 2.51. The summed E-state index contributed by atoms with van der Waals surface area (Å²) >= 11 is 0. The number of Topliss-reactive ketones (excluding diaryl/α,β-unsaturated/α-hetero) is 1. The molecule has 0 aliphatic rings. The number of aromatic nitrogens is 4. The number of nitrogens with zero attached hydrogens (tertiary/aromatic N) is 4. The van der Waals surface area contributed by atoms with E-state index in [-0.39, 0.29) is 18.2 Å². The Morgan fingerprint density at radius 2 is 1.92 bits per heavy atom. The van der Waals surface area contributed by atoms with Gasteiger partial charge in [0.2, 0.25) is 0 Å². The summed E-state index contributed by atoms with van der Waals surface area (Å²) in [5, 5.41) is 4.06. The van der Waals surface area contributed by atoms with Crippen LogP contribution in [0.15, 0.2) is 36.5 Å². The normalized spacial score (nSPS) is 12.1. The summed E-state index contributed by atoms with van der Waals surface area (Å²) < 4.78 is 6.51. The lowest BCUT2D eigenvalue weighted by Gasteiger charge is -2.09. The first kappa shape index (κ1) is 17.7. The Hall–Kier alpha value is -3.09. The van der Waals surface area contributed by atoms with Crippen LogP contribution in [-0.4, -0.2) is 37.9 Å². The summed E-state index contributed by atoms with van der Waals surface area (Å²) in [5.41, 5.74) is 2.47. The standard InChI is InChI=1S/C19H20N4O3/c1-4-12(2)14-5-7-15(8-6-14)16(24)11-26-18(25)17-21-19-20-10-9-13(3)23(19)22-17/h5-10,12H,4,11H2,1-3H3/t12-/m0/s1. The summed E-state index contributed by atoms with van der Waals surface area (Å²) in [5.74, 6) is -0.391. The van der Waals surface area contributed by atoms with E-state index in [9.17, 15) is 9.59 Å². The molecule has 0 spiro atoms. The fraction of sp³-hybridized carbons (Fsp3) is 0.316. The predicted octanol–water partition coefficient (Wildman–Crippen LogP) is 2.99. The molecule has 1 aromatic carbocycles. The maximum Gasteiger partial charge on any atom is 0.378 e. The molecule has 134 valence electrons. The number of carbonyl (C=O) groups is 2. The van der Waals surface area contributed by atoms with Crippen LogP contribution in [0.25, 0.3) is 5.78 Å². The van der Waals surface area contributed by atoms with E-state index in [0.29, 0.717) is 17.3 Å². The quantitative estimate of drug-likeness (QED) is 0.501. The third-order valence-corrected chi connectivity index (χ3v) is 4.36. The highest BCUT2D eigenvalue weighted by Crippen LogP contribution is 2.19. The zero-order chi connectivity index (χ0) is 18.7. The van der Waals surface area contributed by atoms with Crippen LogP contribution in [0.5, 0.6) is 0 Å². The second-order valence-electron chi connectivity index (χ2n) is 6.16. The van der Waals surface area contributed by atoms with Crippen molar-refractivity contribution in [2.24, 2.45) is 0 Å². The monoisotopic (exact) mass is 352 g/mol. The smallest absolute Gasteiger partial charge is 0.378 e. The molecule has 0 aliphatic heterocycles. The number of hydrogen-bond acceptors (Lipinski definition) is 6. The van der Waals surface area contributed by atoms with Crippen LogP contribution in [0.1, 0.15) is 58.4 Å². The number of carbonyl (C=O) groups excluding carboxylic acids is 2. The third-order valence-electron chi connectivity index (χ3n) is 4.36. The van der Waals surface area contributed by atoms with E-state index in [1.165, 1.54) is 10.1 Å². The topological polar surface area (TPSA) is 86.5 Å². The van der Waals surface area contributed by atoms with Crippen molar-refractivity contribution in [1.82, 2.24) is 19.6 Å². The van der Waals surface area contributed by atoms with Crippen LogP contribution in [0.4, 0.5) is 0 Å². The zero-order valence-corrected chi connectivity index (χ0v) is 15.0. The molecule has 26 heavy (non-hydrogen) atoms. The van der Waals surface area contributed by atoms with Crippen LogP contribution >= 0.6 is 0 Å². The average Bonchev–Trinajstić information content (AvgIpc) is 3.11. The Labute approximate surface area is 151 Å². The zero-order valence-electron chi connectivity index (χ0n) is 15.0. The Morgan fingerprint density at radius 1 is 1.19 bits per heavy atom. The lowest BCUT2D eigenvalue weighted by molar-refractivity contribution is 0.0463. The number of aryl methyl sites for hydroxylation is 1. The molecular weight excluding hydrogens is 332 g/mol. The number of benzene rings is 1. The van der Waals surface area contributed by atoms with Gasteiger partial charge in [-0.2, -0.15) is 4.98 Å². The molecule has 2 aromatic heterocycles. The van der Waals surface area contributed by atoms with E-state index in [0.717, 1.165) is 12.1 Å². The van der Waals surface area contributed by atoms with Crippen molar-refractivity contribution < 1.29 is 14.3 Å². The van der Waals surface area contributed by atoms with Crippen LogP contribution < -0.4 is 0 Å². The molecule has 3 rings (SSSR count). The van der Waals surface area contributed by atoms with Gasteiger partial charge in [-0.3, -0.25) is 4.79 Å². The minimum atomic E-state index is -0.750. The number of ketones is 1. The van der Waals surface area contributed by atoms with Gasteiger partial charge in [0.15, 0.2) is 12.4 Å². The third kappa shape index (κ3) is 3.61. The molecule has 0 saturated carbocycles. The molecule has 7 nitrogen and oxygen atoms in total. The van der Waals surface area contributed by atoms with Gasteiger partial charge in [0.25, 0.3) is 11.6 Å². The Balaban J connectivity index is 1.64. The van der Waals surface area contributed by atoms with Crippen molar-refractivity contribution in [1.29, 1.82) is 0 Å². The van der Waals surface area contributed by atoms with Crippen molar-refractivity contribution in [3.05, 3.63) is 59.2 Å². The average molecular weight is 352 g/mol. The molecular formula is C19H20N4O3. The van der Waals surface area contributed by atoms with Gasteiger partial charge >= 0.3 is 5.97 Å². The second kappa shape index (κ2) is 7.43. The largest absolute Gasteiger partial charge is 0.451 e. The predicted molar refractivity (Wildman–Crippen MR) is 95.3 cm³/mol. The van der Waals surface area contributed by atoms with Gasteiger partial charge in [-0.05, 0) is 30.9 Å². The van der Waals surface area contributed by atoms with E-state index in [4.69, 9.17) is 4.74 Å². The first-order valence-electron chi connectivity index (χ1n) is 8.48. The van der Waals surface area contributed by atoms with E-state index >= 15 is 0 Å². The van der Waals surface area contributed by atoms with Crippen molar-refractivity contribution in [2.45, 2.75) is 33.1 Å². The van der Waals surface area contributed by atoms with Crippen LogP contribution in [-0.2, 0) is 4.74 Å². The molecule has 0 radical (unpaired) electrons. The van der Waals surface area contributed by atoms with Gasteiger partial charge in [-0.1, -0.05) is 38.1 Å². The Bertz CT molecular complexity index is 947. The first-order valence-corrected chi connectivity index (χ1v) is 8.48. The first-order chi connectivity index (χ1) is 12.5. The van der Waals surface area contributed by atoms with Gasteiger partial charge in [0.05, 0.1) is 0 Å². The van der Waals surface area contributed by atoms with Crippen LogP contribution in [0.3, 0.4) is 0 Å². The second-order valence-corrected chi connectivity index (χ2v) is 6.16. The molecule has 3 aromatic rings. The van der Waals surface area contributed by atoms with Gasteiger partial charge in [0.1, 0.15) is 0 Å². The van der Waals surface area contributed by atoms with Crippen molar-refractivity contribution in [3.63, 3.8) is 0 Å². The van der Waals surface area contributed by atoms with E-state index in [1.807, 2.05) is 19.1 Å². The highest BCUT2D eigenvalue weighted by Gasteiger charge is 2.18. The summed E-state index contributed by atoms with van der Waals surface area (Å²) in [6.45, 7) is 5.72. The number of ether oxygens (including phenoxy) is 1. The lowest BCUT2D eigenvalue weighted by Crippen LogP contribution is -2.15. The molecule has 0 aliphatic carbocycles.